The maximum absolute atomic E-state index is 11.4. The van der Waals surface area contributed by atoms with Gasteiger partial charge >= 0.3 is 5.97 Å². The van der Waals surface area contributed by atoms with Gasteiger partial charge < -0.3 is 10.4 Å². The van der Waals surface area contributed by atoms with Crippen LogP contribution in [-0.2, 0) is 4.79 Å². The topological polar surface area (TPSA) is 49.3 Å². The summed E-state index contributed by atoms with van der Waals surface area (Å²) in [5.41, 5.74) is 2.98. The molecule has 0 aromatic heterocycles. The molecule has 1 atom stereocenters. The van der Waals surface area contributed by atoms with Gasteiger partial charge in [-0.05, 0) is 17.2 Å². The second kappa shape index (κ2) is 4.61. The summed E-state index contributed by atoms with van der Waals surface area (Å²) in [7, 11) is 0. The quantitative estimate of drug-likeness (QED) is 0.849. The van der Waals surface area contributed by atoms with E-state index in [1.54, 1.807) is 6.08 Å². The fraction of sp³-hybridized carbons (Fsp3) is 0.0625. The van der Waals surface area contributed by atoms with Crippen molar-refractivity contribution in [2.45, 2.75) is 6.04 Å². The molecule has 0 radical (unpaired) electrons. The van der Waals surface area contributed by atoms with E-state index in [-0.39, 0.29) is 6.04 Å². The molecule has 1 aromatic rings. The van der Waals surface area contributed by atoms with Crippen LogP contribution < -0.4 is 5.32 Å². The van der Waals surface area contributed by atoms with Crippen molar-refractivity contribution in [2.75, 3.05) is 0 Å². The van der Waals surface area contributed by atoms with Crippen LogP contribution in [0.3, 0.4) is 0 Å². The molecule has 0 saturated carbocycles. The van der Waals surface area contributed by atoms with Gasteiger partial charge in [0.1, 0.15) is 0 Å². The monoisotopic (exact) mass is 251 g/mol. The van der Waals surface area contributed by atoms with Crippen LogP contribution >= 0.6 is 0 Å². The van der Waals surface area contributed by atoms with Crippen molar-refractivity contribution in [1.82, 2.24) is 5.32 Å². The van der Waals surface area contributed by atoms with E-state index in [1.165, 1.54) is 0 Å². The predicted molar refractivity (Wildman–Crippen MR) is 74.3 cm³/mol. The van der Waals surface area contributed by atoms with Gasteiger partial charge in [0.05, 0.1) is 11.6 Å². The summed E-state index contributed by atoms with van der Waals surface area (Å²) in [4.78, 5) is 11.4. The zero-order valence-corrected chi connectivity index (χ0v) is 10.2. The summed E-state index contributed by atoms with van der Waals surface area (Å²) in [6, 6.07) is 9.67. The average Bonchev–Trinajstić information content (AvgIpc) is 2.47. The van der Waals surface area contributed by atoms with E-state index >= 15 is 0 Å². The highest BCUT2D eigenvalue weighted by Gasteiger charge is 2.24. The fourth-order valence-electron chi connectivity index (χ4n) is 2.33. The zero-order valence-electron chi connectivity index (χ0n) is 10.2. The lowest BCUT2D eigenvalue weighted by Gasteiger charge is -2.27. The summed E-state index contributed by atoms with van der Waals surface area (Å²) in [6.07, 6.45) is 9.30. The third kappa shape index (κ3) is 2.10. The van der Waals surface area contributed by atoms with Crippen LogP contribution in [0.1, 0.15) is 5.56 Å². The Bertz CT molecular complexity index is 636. The van der Waals surface area contributed by atoms with Crippen LogP contribution in [0.2, 0.25) is 0 Å². The number of benzene rings is 1. The van der Waals surface area contributed by atoms with Gasteiger partial charge in [0.15, 0.2) is 0 Å². The second-order valence-corrected chi connectivity index (χ2v) is 4.46. The highest BCUT2D eigenvalue weighted by atomic mass is 16.4. The molecule has 0 amide bonds. The normalized spacial score (nSPS) is 20.6. The molecular formula is C16H13NO2. The molecule has 94 valence electrons. The van der Waals surface area contributed by atoms with Gasteiger partial charge in [-0.25, -0.2) is 4.79 Å². The second-order valence-electron chi connectivity index (χ2n) is 4.46. The summed E-state index contributed by atoms with van der Waals surface area (Å²) in [5.74, 6) is -0.894. The summed E-state index contributed by atoms with van der Waals surface area (Å²) in [5, 5.41) is 12.7. The summed E-state index contributed by atoms with van der Waals surface area (Å²) < 4.78 is 0. The third-order valence-electron chi connectivity index (χ3n) is 3.25. The molecule has 1 aromatic carbocycles. The molecule has 1 aliphatic carbocycles. The predicted octanol–water partition coefficient (Wildman–Crippen LogP) is 2.51. The molecule has 0 spiro atoms. The Morgan fingerprint density at radius 1 is 1.16 bits per heavy atom. The Morgan fingerprint density at radius 2 is 1.95 bits per heavy atom. The molecule has 0 bridgehead atoms. The number of dihydropyridines is 1. The minimum atomic E-state index is -0.894. The first-order chi connectivity index (χ1) is 9.25. The van der Waals surface area contributed by atoms with Gasteiger partial charge in [-0.15, -0.1) is 0 Å². The molecule has 1 unspecified atom stereocenters. The SMILES string of the molecule is O=C(O)C1=C2C=CC=CC2NC(c2ccccc2)=C1. The van der Waals surface area contributed by atoms with Crippen LogP contribution in [0, 0.1) is 0 Å². The largest absolute Gasteiger partial charge is 0.478 e. The van der Waals surface area contributed by atoms with Crippen molar-refractivity contribution in [2.24, 2.45) is 0 Å². The average molecular weight is 251 g/mol. The number of carbonyl (C=O) groups is 1. The van der Waals surface area contributed by atoms with Crippen LogP contribution in [0.5, 0.6) is 0 Å². The van der Waals surface area contributed by atoms with Gasteiger partial charge in [-0.2, -0.15) is 0 Å². The molecule has 3 nitrogen and oxygen atoms in total. The number of carboxylic acid groups (broad SMARTS) is 1. The van der Waals surface area contributed by atoms with E-state index in [0.717, 1.165) is 16.8 Å². The van der Waals surface area contributed by atoms with Crippen molar-refractivity contribution in [1.29, 1.82) is 0 Å². The van der Waals surface area contributed by atoms with Crippen LogP contribution in [0.25, 0.3) is 5.70 Å². The number of hydrogen-bond acceptors (Lipinski definition) is 2. The Hall–Kier alpha value is -2.55. The van der Waals surface area contributed by atoms with E-state index in [9.17, 15) is 9.90 Å². The van der Waals surface area contributed by atoms with E-state index in [2.05, 4.69) is 5.32 Å². The van der Waals surface area contributed by atoms with Crippen molar-refractivity contribution in [3.8, 4) is 0 Å². The minimum Gasteiger partial charge on any atom is -0.478 e. The maximum Gasteiger partial charge on any atom is 0.336 e. The van der Waals surface area contributed by atoms with Crippen LogP contribution in [-0.4, -0.2) is 17.1 Å². The molecule has 2 N–H and O–H groups in total. The number of carboxylic acids is 1. The zero-order chi connectivity index (χ0) is 13.2. The van der Waals surface area contributed by atoms with E-state index < -0.39 is 5.97 Å². The maximum atomic E-state index is 11.4. The van der Waals surface area contributed by atoms with Crippen LogP contribution in [0.15, 0.2) is 71.9 Å². The van der Waals surface area contributed by atoms with Gasteiger partial charge in [0, 0.05) is 5.70 Å². The summed E-state index contributed by atoms with van der Waals surface area (Å²) >= 11 is 0. The molecule has 1 heterocycles. The van der Waals surface area contributed by atoms with Crippen LogP contribution in [0.4, 0.5) is 0 Å². The number of nitrogens with one attached hydrogen (secondary N) is 1. The molecule has 3 heteroatoms. The lowest BCUT2D eigenvalue weighted by atomic mass is 9.91. The highest BCUT2D eigenvalue weighted by Crippen LogP contribution is 2.27. The first-order valence-corrected chi connectivity index (χ1v) is 6.12. The molecule has 19 heavy (non-hydrogen) atoms. The standard InChI is InChI=1S/C16H13NO2/c18-16(19)13-10-15(11-6-2-1-3-7-11)17-14-9-5-4-8-12(13)14/h1-10,14,17H,(H,18,19). The van der Waals surface area contributed by atoms with E-state index in [4.69, 9.17) is 0 Å². The van der Waals surface area contributed by atoms with Gasteiger partial charge in [-0.3, -0.25) is 0 Å². The lowest BCUT2D eigenvalue weighted by molar-refractivity contribution is -0.132. The van der Waals surface area contributed by atoms with Crippen molar-refractivity contribution >= 4 is 11.7 Å². The number of allylic oxidation sites excluding steroid dienone is 2. The highest BCUT2D eigenvalue weighted by molar-refractivity contribution is 5.95. The molecular weight excluding hydrogens is 238 g/mol. The van der Waals surface area contributed by atoms with Gasteiger partial charge in [0.25, 0.3) is 0 Å². The molecule has 0 fully saturated rings. The van der Waals surface area contributed by atoms with Crippen molar-refractivity contribution < 1.29 is 9.90 Å². The number of aliphatic carboxylic acids is 1. The molecule has 3 rings (SSSR count). The van der Waals surface area contributed by atoms with Crippen molar-refractivity contribution in [3.63, 3.8) is 0 Å². The van der Waals surface area contributed by atoms with E-state index in [1.807, 2.05) is 54.6 Å². The first kappa shape index (κ1) is 11.5. The Kier molecular flexibility index (Phi) is 2.80. The van der Waals surface area contributed by atoms with Crippen molar-refractivity contribution in [3.05, 3.63) is 77.4 Å². The fourth-order valence-corrected chi connectivity index (χ4v) is 2.33. The van der Waals surface area contributed by atoms with E-state index in [0.29, 0.717) is 5.57 Å². The Morgan fingerprint density at radius 3 is 2.68 bits per heavy atom. The smallest absolute Gasteiger partial charge is 0.336 e. The number of hydrogen-bond donors (Lipinski definition) is 2. The Balaban J connectivity index is 2.10. The van der Waals surface area contributed by atoms with Gasteiger partial charge in [0.2, 0.25) is 0 Å². The molecule has 1 aliphatic heterocycles. The lowest BCUT2D eigenvalue weighted by Crippen LogP contribution is -2.33. The molecule has 2 aliphatic rings. The van der Waals surface area contributed by atoms with Gasteiger partial charge in [-0.1, -0.05) is 54.6 Å². The minimum absolute atomic E-state index is 0.0729. The Labute approximate surface area is 111 Å². The molecule has 0 saturated heterocycles. The number of fused-ring (bicyclic) bond motifs is 1. The third-order valence-corrected chi connectivity index (χ3v) is 3.25. The summed E-state index contributed by atoms with van der Waals surface area (Å²) in [6.45, 7) is 0. The number of rotatable bonds is 2. The first-order valence-electron chi connectivity index (χ1n) is 6.12.